The van der Waals surface area contributed by atoms with E-state index in [2.05, 4.69) is 15.5 Å². The van der Waals surface area contributed by atoms with Crippen molar-refractivity contribution in [1.82, 2.24) is 5.32 Å². The van der Waals surface area contributed by atoms with Crippen LogP contribution in [0.2, 0.25) is 0 Å². The Hall–Kier alpha value is -3.02. The van der Waals surface area contributed by atoms with Gasteiger partial charge in [-0.1, -0.05) is 30.3 Å². The third-order valence-electron chi connectivity index (χ3n) is 3.85. The molecule has 0 fully saturated rings. The maximum atomic E-state index is 12.1. The topological polar surface area (TPSA) is 80.1 Å². The molecule has 3 rings (SSSR count). The number of azo groups is 1. The minimum absolute atomic E-state index is 0.107. The van der Waals surface area contributed by atoms with Gasteiger partial charge in [-0.25, -0.2) is 0 Å². The second kappa shape index (κ2) is 7.04. The summed E-state index contributed by atoms with van der Waals surface area (Å²) in [6, 6.07) is 14.2. The van der Waals surface area contributed by atoms with E-state index in [0.29, 0.717) is 12.1 Å². The van der Waals surface area contributed by atoms with Crippen molar-refractivity contribution in [3.8, 4) is 5.75 Å². The molecule has 0 saturated heterocycles. The number of ether oxygens (including phenoxy) is 1. The Morgan fingerprint density at radius 3 is 2.67 bits per heavy atom. The van der Waals surface area contributed by atoms with Crippen molar-refractivity contribution in [2.75, 3.05) is 13.7 Å². The van der Waals surface area contributed by atoms with Crippen molar-refractivity contribution in [3.63, 3.8) is 0 Å². The van der Waals surface area contributed by atoms with Gasteiger partial charge in [0.1, 0.15) is 11.8 Å². The molecule has 1 aliphatic rings. The van der Waals surface area contributed by atoms with Gasteiger partial charge in [0.15, 0.2) is 0 Å². The van der Waals surface area contributed by atoms with Crippen LogP contribution < -0.4 is 10.1 Å². The minimum atomic E-state index is -0.341. The van der Waals surface area contributed by atoms with Gasteiger partial charge in [-0.15, -0.1) is 5.11 Å². The van der Waals surface area contributed by atoms with E-state index in [4.69, 9.17) is 4.74 Å². The molecular weight excluding hydrogens is 306 g/mol. The zero-order valence-corrected chi connectivity index (χ0v) is 13.2. The summed E-state index contributed by atoms with van der Waals surface area (Å²) in [6.07, 6.45) is 0.272. The van der Waals surface area contributed by atoms with Crippen LogP contribution >= 0.6 is 0 Å². The normalized spacial score (nSPS) is 15.7. The molecule has 2 amide bonds. The first-order valence-corrected chi connectivity index (χ1v) is 7.61. The van der Waals surface area contributed by atoms with E-state index in [0.717, 1.165) is 16.9 Å². The first-order valence-electron chi connectivity index (χ1n) is 7.61. The van der Waals surface area contributed by atoms with Crippen molar-refractivity contribution >= 4 is 11.8 Å². The first kappa shape index (κ1) is 15.9. The van der Waals surface area contributed by atoms with Crippen LogP contribution in [0.25, 0.3) is 0 Å². The Labute approximate surface area is 139 Å². The molecule has 122 valence electrons. The lowest BCUT2D eigenvalue weighted by Gasteiger charge is -2.18. The lowest BCUT2D eigenvalue weighted by atomic mass is 9.99. The number of hydrogen-bond donors (Lipinski definition) is 1. The maximum absolute atomic E-state index is 12.1. The largest absolute Gasteiger partial charge is 0.497 e. The Kier molecular flexibility index (Phi) is 4.65. The van der Waals surface area contributed by atoms with Gasteiger partial charge in [-0.05, 0) is 29.3 Å². The number of amides is 2. The molecule has 0 spiro atoms. The molecule has 2 aromatic rings. The van der Waals surface area contributed by atoms with E-state index in [1.54, 1.807) is 19.2 Å². The molecule has 0 radical (unpaired) electrons. The molecular formula is C18H17N3O3. The van der Waals surface area contributed by atoms with Crippen LogP contribution in [-0.4, -0.2) is 25.5 Å². The summed E-state index contributed by atoms with van der Waals surface area (Å²) in [6.45, 7) is 0.308. The predicted molar refractivity (Wildman–Crippen MR) is 88.1 cm³/mol. The lowest BCUT2D eigenvalue weighted by molar-refractivity contribution is -0.120. The molecule has 6 heteroatoms. The Bertz CT molecular complexity index is 784. The van der Waals surface area contributed by atoms with Crippen molar-refractivity contribution in [3.05, 3.63) is 65.2 Å². The first-order chi connectivity index (χ1) is 11.7. The minimum Gasteiger partial charge on any atom is -0.497 e. The highest BCUT2D eigenvalue weighted by Gasteiger charge is 2.23. The summed E-state index contributed by atoms with van der Waals surface area (Å²) in [4.78, 5) is 23.8. The number of nitrogens with zero attached hydrogens (tertiary/aromatic N) is 2. The van der Waals surface area contributed by atoms with Crippen LogP contribution in [0.15, 0.2) is 58.8 Å². The molecule has 1 N–H and O–H groups in total. The molecule has 24 heavy (non-hydrogen) atoms. The summed E-state index contributed by atoms with van der Waals surface area (Å²) >= 11 is 0. The standard InChI is InChI=1S/C18H17N3O3/c1-24-13-8-6-12(7-9-13)10-17(22)19-11-16-14-4-2-3-5-15(14)18(23)21-20-16/h2-9,16H,10-11H2,1H3,(H,19,22). The second-order valence-electron chi connectivity index (χ2n) is 5.45. The molecule has 1 unspecified atom stereocenters. The Morgan fingerprint density at radius 2 is 1.92 bits per heavy atom. The molecule has 0 aliphatic carbocycles. The number of hydrogen-bond acceptors (Lipinski definition) is 4. The van der Waals surface area contributed by atoms with Crippen molar-refractivity contribution in [2.24, 2.45) is 10.2 Å². The third-order valence-corrected chi connectivity index (χ3v) is 3.85. The molecule has 2 aromatic carbocycles. The highest BCUT2D eigenvalue weighted by Crippen LogP contribution is 2.26. The van der Waals surface area contributed by atoms with E-state index >= 15 is 0 Å². The van der Waals surface area contributed by atoms with Gasteiger partial charge in [0.25, 0.3) is 5.91 Å². The van der Waals surface area contributed by atoms with Crippen molar-refractivity contribution in [1.29, 1.82) is 0 Å². The zero-order chi connectivity index (χ0) is 16.9. The van der Waals surface area contributed by atoms with Gasteiger partial charge < -0.3 is 10.1 Å². The number of benzene rings is 2. The Morgan fingerprint density at radius 1 is 1.17 bits per heavy atom. The number of methoxy groups -OCH3 is 1. The maximum Gasteiger partial charge on any atom is 0.295 e. The number of fused-ring (bicyclic) bond motifs is 1. The second-order valence-corrected chi connectivity index (χ2v) is 5.45. The van der Waals surface area contributed by atoms with Crippen LogP contribution in [-0.2, 0) is 11.2 Å². The van der Waals surface area contributed by atoms with Gasteiger partial charge in [-0.2, -0.15) is 5.11 Å². The fourth-order valence-electron chi connectivity index (χ4n) is 2.57. The summed E-state index contributed by atoms with van der Waals surface area (Å²) in [5.41, 5.74) is 2.23. The van der Waals surface area contributed by atoms with Gasteiger partial charge in [-0.3, -0.25) is 9.59 Å². The van der Waals surface area contributed by atoms with Gasteiger partial charge >= 0.3 is 0 Å². The fraction of sp³-hybridized carbons (Fsp3) is 0.222. The van der Waals surface area contributed by atoms with E-state index in [9.17, 15) is 9.59 Å². The summed E-state index contributed by atoms with van der Waals surface area (Å²) in [5.74, 6) is 0.305. The number of carbonyl (C=O) groups excluding carboxylic acids is 2. The predicted octanol–water partition coefficient (Wildman–Crippen LogP) is 2.70. The molecule has 0 saturated carbocycles. The number of carbonyl (C=O) groups is 2. The van der Waals surface area contributed by atoms with Crippen LogP contribution in [0, 0.1) is 0 Å². The number of rotatable bonds is 5. The fourth-order valence-corrected chi connectivity index (χ4v) is 2.57. The number of nitrogens with one attached hydrogen (secondary N) is 1. The van der Waals surface area contributed by atoms with Crippen LogP contribution in [0.5, 0.6) is 5.75 Å². The lowest BCUT2D eigenvalue weighted by Crippen LogP contribution is -2.30. The van der Waals surface area contributed by atoms with Gasteiger partial charge in [0.05, 0.1) is 13.5 Å². The van der Waals surface area contributed by atoms with E-state index < -0.39 is 0 Å². The molecule has 0 bridgehead atoms. The van der Waals surface area contributed by atoms with Gasteiger partial charge in [0.2, 0.25) is 5.91 Å². The molecule has 1 atom stereocenters. The van der Waals surface area contributed by atoms with E-state index in [-0.39, 0.29) is 24.3 Å². The van der Waals surface area contributed by atoms with Crippen LogP contribution in [0.3, 0.4) is 0 Å². The summed E-state index contributed by atoms with van der Waals surface area (Å²) in [7, 11) is 1.60. The van der Waals surface area contributed by atoms with Gasteiger partial charge in [0, 0.05) is 12.1 Å². The monoisotopic (exact) mass is 323 g/mol. The molecule has 1 heterocycles. The highest BCUT2D eigenvalue weighted by atomic mass is 16.5. The highest BCUT2D eigenvalue weighted by molar-refractivity contribution is 5.97. The average molecular weight is 323 g/mol. The molecule has 1 aliphatic heterocycles. The van der Waals surface area contributed by atoms with E-state index in [1.165, 1.54) is 0 Å². The summed E-state index contributed by atoms with van der Waals surface area (Å²) < 4.78 is 5.09. The summed E-state index contributed by atoms with van der Waals surface area (Å²) in [5, 5.41) is 10.5. The molecule has 6 nitrogen and oxygen atoms in total. The van der Waals surface area contributed by atoms with Crippen LogP contribution in [0.1, 0.15) is 27.5 Å². The van der Waals surface area contributed by atoms with Crippen LogP contribution in [0.4, 0.5) is 0 Å². The Balaban J connectivity index is 1.60. The molecule has 0 aromatic heterocycles. The third kappa shape index (κ3) is 3.48. The van der Waals surface area contributed by atoms with E-state index in [1.807, 2.05) is 36.4 Å². The van der Waals surface area contributed by atoms with Crippen molar-refractivity contribution < 1.29 is 14.3 Å². The zero-order valence-electron chi connectivity index (χ0n) is 13.2. The van der Waals surface area contributed by atoms with Crippen molar-refractivity contribution in [2.45, 2.75) is 12.5 Å². The smallest absolute Gasteiger partial charge is 0.295 e. The SMILES string of the molecule is COc1ccc(CC(=O)NCC2N=NC(=O)c3ccccc32)cc1. The quantitative estimate of drug-likeness (QED) is 0.918. The average Bonchev–Trinajstić information content (AvgIpc) is 2.62.